The van der Waals surface area contributed by atoms with Gasteiger partial charge in [-0.1, -0.05) is 35.9 Å². The Kier molecular flexibility index (Phi) is 6.42. The lowest BCUT2D eigenvalue weighted by Crippen LogP contribution is -2.37. The number of hydrogen-bond acceptors (Lipinski definition) is 3. The van der Waals surface area contributed by atoms with Gasteiger partial charge in [-0.15, -0.1) is 0 Å². The van der Waals surface area contributed by atoms with E-state index in [2.05, 4.69) is 10.6 Å². The fraction of sp³-hybridized carbons (Fsp3) is 0.200. The van der Waals surface area contributed by atoms with Crippen molar-refractivity contribution in [2.24, 2.45) is 5.92 Å². The highest BCUT2D eigenvalue weighted by Crippen LogP contribution is 2.30. The minimum atomic E-state index is -0.693. The molecule has 0 saturated carbocycles. The van der Waals surface area contributed by atoms with E-state index in [0.29, 0.717) is 24.4 Å². The van der Waals surface area contributed by atoms with E-state index in [0.717, 1.165) is 22.8 Å². The number of rotatable bonds is 5. The lowest BCUT2D eigenvalue weighted by atomic mass is 9.95. The van der Waals surface area contributed by atoms with Gasteiger partial charge in [-0.25, -0.2) is 4.39 Å². The summed E-state index contributed by atoms with van der Waals surface area (Å²) in [4.78, 5) is 25.1. The summed E-state index contributed by atoms with van der Waals surface area (Å²) in [6, 6.07) is 17.0. The number of aryl methyl sites for hydroxylation is 1. The maximum atomic E-state index is 14.0. The second kappa shape index (κ2) is 9.40. The average Bonchev–Trinajstić information content (AvgIpc) is 2.77. The molecule has 0 saturated heterocycles. The Morgan fingerprint density at radius 3 is 2.72 bits per heavy atom. The molecule has 1 aliphatic rings. The normalized spacial score (nSPS) is 14.8. The molecular formula is C25H22ClFN2O3. The van der Waals surface area contributed by atoms with Crippen molar-refractivity contribution in [3.8, 4) is 5.75 Å². The highest BCUT2D eigenvalue weighted by molar-refractivity contribution is 6.30. The van der Waals surface area contributed by atoms with Crippen LogP contribution in [0, 0.1) is 18.7 Å². The minimum absolute atomic E-state index is 0.0865. The molecule has 0 aromatic heterocycles. The van der Waals surface area contributed by atoms with E-state index in [-0.39, 0.29) is 29.0 Å². The molecule has 0 radical (unpaired) electrons. The van der Waals surface area contributed by atoms with Crippen molar-refractivity contribution in [1.29, 1.82) is 0 Å². The molecule has 0 bridgehead atoms. The van der Waals surface area contributed by atoms with Crippen LogP contribution in [-0.2, 0) is 17.8 Å². The quantitative estimate of drug-likeness (QED) is 0.578. The van der Waals surface area contributed by atoms with E-state index < -0.39 is 11.7 Å². The SMILES string of the molecule is Cc1ccccc1CNC(=O)C1COc2ccc(NC(=O)c3ccc(Cl)cc3F)cc2C1. The number of halogens is 2. The molecule has 2 N–H and O–H groups in total. The van der Waals surface area contributed by atoms with Gasteiger partial charge in [-0.2, -0.15) is 0 Å². The first-order valence-corrected chi connectivity index (χ1v) is 10.6. The van der Waals surface area contributed by atoms with E-state index in [1.807, 2.05) is 31.2 Å². The molecule has 0 spiro atoms. The summed E-state index contributed by atoms with van der Waals surface area (Å²) in [5.74, 6) is -1.03. The molecule has 164 valence electrons. The second-order valence-electron chi connectivity index (χ2n) is 7.76. The molecule has 0 fully saturated rings. The number of nitrogens with one attached hydrogen (secondary N) is 2. The minimum Gasteiger partial charge on any atom is -0.492 e. The zero-order valence-corrected chi connectivity index (χ0v) is 18.2. The Labute approximate surface area is 190 Å². The van der Waals surface area contributed by atoms with Crippen LogP contribution in [0.1, 0.15) is 27.0 Å². The van der Waals surface area contributed by atoms with Crippen LogP contribution in [0.3, 0.4) is 0 Å². The highest BCUT2D eigenvalue weighted by Gasteiger charge is 2.26. The smallest absolute Gasteiger partial charge is 0.258 e. The zero-order valence-electron chi connectivity index (χ0n) is 17.5. The van der Waals surface area contributed by atoms with Gasteiger partial charge >= 0.3 is 0 Å². The topological polar surface area (TPSA) is 67.4 Å². The van der Waals surface area contributed by atoms with Gasteiger partial charge in [0.2, 0.25) is 5.91 Å². The van der Waals surface area contributed by atoms with E-state index in [4.69, 9.17) is 16.3 Å². The van der Waals surface area contributed by atoms with Gasteiger partial charge in [0.1, 0.15) is 18.2 Å². The van der Waals surface area contributed by atoms with Crippen LogP contribution < -0.4 is 15.4 Å². The number of ether oxygens (including phenoxy) is 1. The maximum absolute atomic E-state index is 14.0. The Morgan fingerprint density at radius 1 is 1.12 bits per heavy atom. The molecule has 5 nitrogen and oxygen atoms in total. The van der Waals surface area contributed by atoms with Gasteiger partial charge < -0.3 is 15.4 Å². The molecule has 3 aromatic rings. The van der Waals surface area contributed by atoms with Crippen LogP contribution in [-0.4, -0.2) is 18.4 Å². The molecule has 1 heterocycles. The number of fused-ring (bicyclic) bond motifs is 1. The van der Waals surface area contributed by atoms with Gasteiger partial charge in [-0.3, -0.25) is 9.59 Å². The summed E-state index contributed by atoms with van der Waals surface area (Å²) in [5, 5.41) is 5.88. The van der Waals surface area contributed by atoms with E-state index in [1.54, 1.807) is 18.2 Å². The van der Waals surface area contributed by atoms with Crippen LogP contribution in [0.4, 0.5) is 10.1 Å². The van der Waals surface area contributed by atoms with Gasteiger partial charge in [0.15, 0.2) is 0 Å². The van der Waals surface area contributed by atoms with E-state index >= 15 is 0 Å². The van der Waals surface area contributed by atoms with Crippen molar-refractivity contribution in [3.63, 3.8) is 0 Å². The number of benzene rings is 3. The monoisotopic (exact) mass is 452 g/mol. The van der Waals surface area contributed by atoms with Crippen LogP contribution in [0.15, 0.2) is 60.7 Å². The molecule has 1 unspecified atom stereocenters. The van der Waals surface area contributed by atoms with Crippen LogP contribution in [0.2, 0.25) is 5.02 Å². The van der Waals surface area contributed by atoms with Crippen LogP contribution >= 0.6 is 11.6 Å². The summed E-state index contributed by atoms with van der Waals surface area (Å²) in [6.45, 7) is 2.75. The Hall–Kier alpha value is -3.38. The molecule has 32 heavy (non-hydrogen) atoms. The lowest BCUT2D eigenvalue weighted by molar-refractivity contribution is -0.126. The Bertz CT molecular complexity index is 1180. The van der Waals surface area contributed by atoms with Crippen LogP contribution in [0.5, 0.6) is 5.75 Å². The summed E-state index contributed by atoms with van der Waals surface area (Å²) in [5.41, 5.74) is 3.39. The molecule has 2 amide bonds. The van der Waals surface area contributed by atoms with Crippen molar-refractivity contribution in [2.45, 2.75) is 19.9 Å². The molecule has 4 rings (SSSR count). The van der Waals surface area contributed by atoms with Crippen LogP contribution in [0.25, 0.3) is 0 Å². The van der Waals surface area contributed by atoms with Crippen molar-refractivity contribution >= 4 is 29.1 Å². The summed E-state index contributed by atoms with van der Waals surface area (Å²) in [6.07, 6.45) is 0.480. The third-order valence-electron chi connectivity index (χ3n) is 5.49. The Morgan fingerprint density at radius 2 is 1.94 bits per heavy atom. The van der Waals surface area contributed by atoms with Gasteiger partial charge in [0, 0.05) is 17.3 Å². The summed E-state index contributed by atoms with van der Waals surface area (Å²) < 4.78 is 19.8. The van der Waals surface area contributed by atoms with Crippen molar-refractivity contribution < 1.29 is 18.7 Å². The molecule has 0 aliphatic carbocycles. The Balaban J connectivity index is 1.41. The predicted octanol–water partition coefficient (Wildman–Crippen LogP) is 4.91. The summed E-state index contributed by atoms with van der Waals surface area (Å²) in [7, 11) is 0. The number of amides is 2. The molecule has 1 atom stereocenters. The number of carbonyl (C=O) groups is 2. The first-order chi connectivity index (χ1) is 15.4. The largest absolute Gasteiger partial charge is 0.492 e. The third kappa shape index (κ3) is 4.92. The fourth-order valence-corrected chi connectivity index (χ4v) is 3.81. The van der Waals surface area contributed by atoms with Gasteiger partial charge in [0.25, 0.3) is 5.91 Å². The molecule has 7 heteroatoms. The summed E-state index contributed by atoms with van der Waals surface area (Å²) >= 11 is 5.75. The first kappa shape index (κ1) is 21.8. The van der Waals surface area contributed by atoms with Gasteiger partial charge in [-0.05, 0) is 66.4 Å². The van der Waals surface area contributed by atoms with Gasteiger partial charge in [0.05, 0.1) is 11.5 Å². The van der Waals surface area contributed by atoms with Crippen molar-refractivity contribution in [1.82, 2.24) is 5.32 Å². The fourth-order valence-electron chi connectivity index (χ4n) is 3.65. The first-order valence-electron chi connectivity index (χ1n) is 10.2. The molecular weight excluding hydrogens is 431 g/mol. The third-order valence-corrected chi connectivity index (χ3v) is 5.72. The number of hydrogen-bond donors (Lipinski definition) is 2. The van der Waals surface area contributed by atoms with E-state index in [9.17, 15) is 14.0 Å². The molecule has 3 aromatic carbocycles. The van der Waals surface area contributed by atoms with Crippen molar-refractivity contribution in [2.75, 3.05) is 11.9 Å². The standard InChI is InChI=1S/C25H22ClFN2O3/c1-15-4-2-3-5-16(15)13-28-24(30)18-10-17-11-20(7-9-23(17)32-14-18)29-25(31)21-8-6-19(26)12-22(21)27/h2-9,11-12,18H,10,13-14H2,1H3,(H,28,30)(H,29,31). The predicted molar refractivity (Wildman–Crippen MR) is 122 cm³/mol. The van der Waals surface area contributed by atoms with E-state index in [1.165, 1.54) is 12.1 Å². The maximum Gasteiger partial charge on any atom is 0.258 e. The number of carbonyl (C=O) groups excluding carboxylic acids is 2. The zero-order chi connectivity index (χ0) is 22.7. The highest BCUT2D eigenvalue weighted by atomic mass is 35.5. The molecule has 1 aliphatic heterocycles. The van der Waals surface area contributed by atoms with Crippen molar-refractivity contribution in [3.05, 3.63) is 93.8 Å². The average molecular weight is 453 g/mol. The lowest BCUT2D eigenvalue weighted by Gasteiger charge is -2.25. The second-order valence-corrected chi connectivity index (χ2v) is 8.19. The number of anilines is 1.